The zero-order valence-electron chi connectivity index (χ0n) is 25.2. The van der Waals surface area contributed by atoms with Gasteiger partial charge in [0.05, 0.1) is 26.9 Å². The average molecular weight is 579 g/mol. The van der Waals surface area contributed by atoms with Crippen molar-refractivity contribution in [2.75, 3.05) is 41.6 Å². The number of carbonyl (C=O) groups excluding carboxylic acids is 1. The van der Waals surface area contributed by atoms with Gasteiger partial charge in [0.1, 0.15) is 6.10 Å². The Hall–Kier alpha value is -3.47. The standard InChI is InChI=1S/C33H42N2O7/c1-33(2)41-21-27(31(42-33)22-12-8-7-9-13-22)35-32(36)25-15-11-10-14-23(25)18-26(34-20-30(39-5)40-6)24-16-17-28(37-3)29(19-24)38-4/h7-17,19,26-27,30-31,34H,18,20-21H2,1-6H3,(H,35,36)/t26?,27-,31-/m0/s1. The van der Waals surface area contributed by atoms with Gasteiger partial charge in [-0.15, -0.1) is 0 Å². The second-order valence-electron chi connectivity index (χ2n) is 10.6. The molecule has 2 N–H and O–H groups in total. The molecule has 42 heavy (non-hydrogen) atoms. The lowest BCUT2D eigenvalue weighted by molar-refractivity contribution is -0.284. The third-order valence-corrected chi connectivity index (χ3v) is 7.38. The fourth-order valence-electron chi connectivity index (χ4n) is 5.12. The molecule has 9 nitrogen and oxygen atoms in total. The van der Waals surface area contributed by atoms with E-state index in [1.807, 2.05) is 86.6 Å². The van der Waals surface area contributed by atoms with Crippen LogP contribution in [0.3, 0.4) is 0 Å². The van der Waals surface area contributed by atoms with Gasteiger partial charge in [-0.3, -0.25) is 4.79 Å². The van der Waals surface area contributed by atoms with E-state index in [-0.39, 0.29) is 24.1 Å². The maximum atomic E-state index is 13.8. The summed E-state index contributed by atoms with van der Waals surface area (Å²) in [6.45, 7) is 4.53. The molecule has 0 saturated carbocycles. The first-order valence-corrected chi connectivity index (χ1v) is 14.0. The summed E-state index contributed by atoms with van der Waals surface area (Å²) in [7, 11) is 6.42. The topological polar surface area (TPSA) is 96.5 Å². The first kappa shape index (κ1) is 31.5. The van der Waals surface area contributed by atoms with Crippen LogP contribution in [0, 0.1) is 0 Å². The van der Waals surface area contributed by atoms with Crippen LogP contribution in [0.2, 0.25) is 0 Å². The van der Waals surface area contributed by atoms with Gasteiger partial charge < -0.3 is 39.1 Å². The third-order valence-electron chi connectivity index (χ3n) is 7.38. The number of benzene rings is 3. The first-order valence-electron chi connectivity index (χ1n) is 14.0. The van der Waals surface area contributed by atoms with E-state index in [1.165, 1.54) is 0 Å². The molecule has 0 radical (unpaired) electrons. The Morgan fingerprint density at radius 2 is 1.62 bits per heavy atom. The number of ether oxygens (including phenoxy) is 6. The average Bonchev–Trinajstić information content (AvgIpc) is 3.01. The minimum absolute atomic E-state index is 0.189. The lowest BCUT2D eigenvalue weighted by Crippen LogP contribution is -2.52. The van der Waals surface area contributed by atoms with Crippen molar-refractivity contribution in [1.29, 1.82) is 0 Å². The van der Waals surface area contributed by atoms with Crippen molar-refractivity contribution in [3.05, 3.63) is 95.1 Å². The molecular formula is C33H42N2O7. The molecule has 1 saturated heterocycles. The van der Waals surface area contributed by atoms with Gasteiger partial charge in [0, 0.05) is 32.4 Å². The molecule has 1 unspecified atom stereocenters. The Labute approximate surface area is 248 Å². The highest BCUT2D eigenvalue weighted by atomic mass is 16.7. The van der Waals surface area contributed by atoms with Crippen molar-refractivity contribution < 1.29 is 33.2 Å². The maximum Gasteiger partial charge on any atom is 0.251 e. The zero-order valence-corrected chi connectivity index (χ0v) is 25.2. The Kier molecular flexibility index (Phi) is 11.0. The molecule has 1 heterocycles. The molecular weight excluding hydrogens is 536 g/mol. The van der Waals surface area contributed by atoms with Crippen molar-refractivity contribution in [2.45, 2.75) is 50.5 Å². The largest absolute Gasteiger partial charge is 0.493 e. The summed E-state index contributed by atoms with van der Waals surface area (Å²) in [5, 5.41) is 6.73. The number of nitrogens with one attached hydrogen (secondary N) is 2. The molecule has 0 spiro atoms. The molecule has 0 aliphatic carbocycles. The van der Waals surface area contributed by atoms with Crippen LogP contribution in [0.1, 0.15) is 53.0 Å². The Balaban J connectivity index is 1.60. The van der Waals surface area contributed by atoms with Crippen LogP contribution < -0.4 is 20.1 Å². The van der Waals surface area contributed by atoms with Gasteiger partial charge in [0.25, 0.3) is 5.91 Å². The molecule has 0 bridgehead atoms. The zero-order chi connectivity index (χ0) is 30.1. The van der Waals surface area contributed by atoms with E-state index in [9.17, 15) is 4.79 Å². The summed E-state index contributed by atoms with van der Waals surface area (Å²) < 4.78 is 34.0. The molecule has 4 rings (SSSR count). The van der Waals surface area contributed by atoms with Crippen LogP contribution in [-0.4, -0.2) is 65.6 Å². The second kappa shape index (κ2) is 14.6. The van der Waals surface area contributed by atoms with Gasteiger partial charge in [0.2, 0.25) is 0 Å². The summed E-state index contributed by atoms with van der Waals surface area (Å²) >= 11 is 0. The Morgan fingerprint density at radius 1 is 0.929 bits per heavy atom. The highest BCUT2D eigenvalue weighted by Gasteiger charge is 2.38. The number of amides is 1. The first-order chi connectivity index (χ1) is 20.3. The molecule has 9 heteroatoms. The van der Waals surface area contributed by atoms with Crippen LogP contribution in [0.25, 0.3) is 0 Å². The molecule has 3 atom stereocenters. The normalized spacial score (nSPS) is 18.8. The van der Waals surface area contributed by atoms with E-state index in [1.54, 1.807) is 28.4 Å². The van der Waals surface area contributed by atoms with Crippen LogP contribution in [0.4, 0.5) is 0 Å². The summed E-state index contributed by atoms with van der Waals surface area (Å²) in [6, 6.07) is 22.8. The van der Waals surface area contributed by atoms with Crippen molar-refractivity contribution in [3.8, 4) is 11.5 Å². The van der Waals surface area contributed by atoms with Crippen LogP contribution >= 0.6 is 0 Å². The lowest BCUT2D eigenvalue weighted by Gasteiger charge is -2.41. The van der Waals surface area contributed by atoms with Crippen molar-refractivity contribution >= 4 is 5.91 Å². The van der Waals surface area contributed by atoms with Crippen LogP contribution in [0.5, 0.6) is 11.5 Å². The summed E-state index contributed by atoms with van der Waals surface area (Å²) in [5.41, 5.74) is 3.41. The summed E-state index contributed by atoms with van der Waals surface area (Å²) in [5.74, 6) is 0.302. The summed E-state index contributed by atoms with van der Waals surface area (Å²) in [4.78, 5) is 13.8. The number of rotatable bonds is 13. The predicted molar refractivity (Wildman–Crippen MR) is 160 cm³/mol. The van der Waals surface area contributed by atoms with E-state index in [2.05, 4.69) is 10.6 Å². The number of hydrogen-bond acceptors (Lipinski definition) is 8. The van der Waals surface area contributed by atoms with Gasteiger partial charge in [-0.1, -0.05) is 54.6 Å². The molecule has 1 amide bonds. The van der Waals surface area contributed by atoms with E-state index in [0.717, 1.165) is 16.7 Å². The van der Waals surface area contributed by atoms with Gasteiger partial charge in [-0.05, 0) is 55.2 Å². The van der Waals surface area contributed by atoms with Gasteiger partial charge in [-0.25, -0.2) is 0 Å². The van der Waals surface area contributed by atoms with Crippen molar-refractivity contribution in [2.24, 2.45) is 0 Å². The molecule has 3 aromatic rings. The van der Waals surface area contributed by atoms with Crippen molar-refractivity contribution in [1.82, 2.24) is 10.6 Å². The quantitative estimate of drug-likeness (QED) is 0.279. The van der Waals surface area contributed by atoms with Crippen molar-refractivity contribution in [3.63, 3.8) is 0 Å². The molecule has 1 aliphatic heterocycles. The Bertz CT molecular complexity index is 1300. The van der Waals surface area contributed by atoms with Gasteiger partial charge in [-0.2, -0.15) is 0 Å². The smallest absolute Gasteiger partial charge is 0.251 e. The van der Waals surface area contributed by atoms with E-state index in [0.29, 0.717) is 36.6 Å². The minimum atomic E-state index is -0.764. The molecule has 226 valence electrons. The fraction of sp³-hybridized carbons (Fsp3) is 0.424. The van der Waals surface area contributed by atoms with Gasteiger partial charge in [0.15, 0.2) is 23.6 Å². The van der Waals surface area contributed by atoms with Gasteiger partial charge >= 0.3 is 0 Å². The van der Waals surface area contributed by atoms with Crippen LogP contribution in [-0.2, 0) is 25.4 Å². The molecule has 1 aliphatic rings. The number of hydrogen-bond donors (Lipinski definition) is 2. The summed E-state index contributed by atoms with van der Waals surface area (Å²) in [6.07, 6.45) is -0.268. The highest BCUT2D eigenvalue weighted by molar-refractivity contribution is 5.96. The number of carbonyl (C=O) groups is 1. The van der Waals surface area contributed by atoms with E-state index < -0.39 is 12.1 Å². The lowest BCUT2D eigenvalue weighted by atomic mass is 9.94. The molecule has 1 fully saturated rings. The highest BCUT2D eigenvalue weighted by Crippen LogP contribution is 2.34. The van der Waals surface area contributed by atoms with E-state index in [4.69, 9.17) is 28.4 Å². The minimum Gasteiger partial charge on any atom is -0.493 e. The molecule has 3 aromatic carbocycles. The fourth-order valence-corrected chi connectivity index (χ4v) is 5.12. The monoisotopic (exact) mass is 578 g/mol. The predicted octanol–water partition coefficient (Wildman–Crippen LogP) is 4.82. The van der Waals surface area contributed by atoms with E-state index >= 15 is 0 Å². The maximum absolute atomic E-state index is 13.8. The van der Waals surface area contributed by atoms with Crippen LogP contribution in [0.15, 0.2) is 72.8 Å². The second-order valence-corrected chi connectivity index (χ2v) is 10.6. The Morgan fingerprint density at radius 3 is 2.31 bits per heavy atom. The molecule has 0 aromatic heterocycles. The number of methoxy groups -OCH3 is 4. The third kappa shape index (κ3) is 7.87. The SMILES string of the molecule is COc1ccc(C(Cc2ccccc2C(=O)N[C@H]2COC(C)(C)O[C@H]2c2ccccc2)NCC(OC)OC)cc1OC.